The summed E-state index contributed by atoms with van der Waals surface area (Å²) in [6, 6.07) is 0. The lowest BCUT2D eigenvalue weighted by Crippen LogP contribution is -2.58. The zero-order chi connectivity index (χ0) is 17.7. The highest BCUT2D eigenvalue weighted by Gasteiger charge is 2.59. The van der Waals surface area contributed by atoms with E-state index >= 15 is 0 Å². The van der Waals surface area contributed by atoms with Gasteiger partial charge in [0.1, 0.15) is 0 Å². The van der Waals surface area contributed by atoms with Crippen LogP contribution in [0.3, 0.4) is 0 Å². The molecule has 0 heterocycles. The number of hydrogen-bond acceptors (Lipinski definition) is 0. The lowest BCUT2D eigenvalue weighted by molar-refractivity contribution is -0.163. The Morgan fingerprint density at radius 1 is 0.381 bits per heavy atom. The predicted molar refractivity (Wildman–Crippen MR) is 98.6 cm³/mol. The number of hydrogen-bond donors (Lipinski definition) is 0. The van der Waals surface area contributed by atoms with E-state index in [1.165, 1.54) is 0 Å². The highest BCUT2D eigenvalue weighted by atomic mass is 14.6. The van der Waals surface area contributed by atoms with Crippen LogP contribution in [0.5, 0.6) is 0 Å². The topological polar surface area (TPSA) is 0 Å². The van der Waals surface area contributed by atoms with Crippen LogP contribution < -0.4 is 0 Å². The first-order valence-electron chi connectivity index (χ1n) is 8.89. The van der Waals surface area contributed by atoms with Crippen molar-refractivity contribution in [2.75, 3.05) is 0 Å². The standard InChI is InChI=1S/C21H44/c1-15(2)17(5,6)19(9,10)21(13,14)20(11,12)18(7,8)16(3)4/h15-16H,1-14H3. The van der Waals surface area contributed by atoms with E-state index < -0.39 is 0 Å². The largest absolute Gasteiger partial charge is 0.0622 e. The van der Waals surface area contributed by atoms with Gasteiger partial charge in [0.2, 0.25) is 0 Å². The zero-order valence-electron chi connectivity index (χ0n) is 17.7. The smallest absolute Gasteiger partial charge is 0.0241 e. The lowest BCUT2D eigenvalue weighted by Gasteiger charge is -2.65. The first kappa shape index (κ1) is 21.0. The van der Waals surface area contributed by atoms with Gasteiger partial charge in [-0.25, -0.2) is 0 Å². The molecule has 0 aromatic rings. The van der Waals surface area contributed by atoms with E-state index in [9.17, 15) is 0 Å². The summed E-state index contributed by atoms with van der Waals surface area (Å²) in [4.78, 5) is 0. The molecule has 21 heavy (non-hydrogen) atoms. The average molecular weight is 297 g/mol. The van der Waals surface area contributed by atoms with Crippen LogP contribution in [0, 0.1) is 38.9 Å². The Balaban J connectivity index is 6.09. The van der Waals surface area contributed by atoms with Crippen molar-refractivity contribution in [3.63, 3.8) is 0 Å². The second kappa shape index (κ2) is 5.57. The van der Waals surface area contributed by atoms with Gasteiger partial charge >= 0.3 is 0 Å². The molecule has 0 radical (unpaired) electrons. The van der Waals surface area contributed by atoms with Gasteiger partial charge in [0.25, 0.3) is 0 Å². The van der Waals surface area contributed by atoms with Crippen LogP contribution in [0.15, 0.2) is 0 Å². The van der Waals surface area contributed by atoms with Gasteiger partial charge in [0.05, 0.1) is 0 Å². The summed E-state index contributed by atoms with van der Waals surface area (Å²) >= 11 is 0. The fraction of sp³-hybridized carbons (Fsp3) is 1.00. The maximum absolute atomic E-state index is 2.50. The van der Waals surface area contributed by atoms with Crippen LogP contribution in [0.2, 0.25) is 0 Å². The Morgan fingerprint density at radius 3 is 0.714 bits per heavy atom. The first-order chi connectivity index (χ1) is 8.89. The quantitative estimate of drug-likeness (QED) is 0.478. The van der Waals surface area contributed by atoms with Gasteiger partial charge in [-0.1, -0.05) is 96.9 Å². The van der Waals surface area contributed by atoms with E-state index in [1.807, 2.05) is 0 Å². The van der Waals surface area contributed by atoms with Crippen LogP contribution in [0.25, 0.3) is 0 Å². The van der Waals surface area contributed by atoms with Crippen molar-refractivity contribution in [2.24, 2.45) is 38.9 Å². The molecule has 0 amide bonds. The van der Waals surface area contributed by atoms with Crippen molar-refractivity contribution in [3.8, 4) is 0 Å². The third-order valence-corrected chi connectivity index (χ3v) is 9.23. The molecule has 0 fully saturated rings. The normalized spacial score (nSPS) is 16.0. The molecule has 0 saturated heterocycles. The third-order valence-electron chi connectivity index (χ3n) is 9.23. The van der Waals surface area contributed by atoms with Gasteiger partial charge in [0.15, 0.2) is 0 Å². The van der Waals surface area contributed by atoms with Gasteiger partial charge < -0.3 is 0 Å². The van der Waals surface area contributed by atoms with Crippen LogP contribution >= 0.6 is 0 Å². The van der Waals surface area contributed by atoms with Gasteiger partial charge in [0, 0.05) is 0 Å². The maximum Gasteiger partial charge on any atom is -0.0241 e. The summed E-state index contributed by atoms with van der Waals surface area (Å²) in [5.41, 5.74) is 1.29. The molecule has 0 unspecified atom stereocenters. The molecule has 0 nitrogen and oxygen atoms in total. The summed E-state index contributed by atoms with van der Waals surface area (Å²) in [6.07, 6.45) is 0. The molecule has 0 aliphatic carbocycles. The van der Waals surface area contributed by atoms with Crippen molar-refractivity contribution in [1.29, 1.82) is 0 Å². The van der Waals surface area contributed by atoms with Crippen molar-refractivity contribution in [1.82, 2.24) is 0 Å². The molecular weight excluding hydrogens is 252 g/mol. The summed E-state index contributed by atoms with van der Waals surface area (Å²) in [7, 11) is 0. The van der Waals surface area contributed by atoms with E-state index in [2.05, 4.69) is 96.9 Å². The van der Waals surface area contributed by atoms with E-state index in [0.29, 0.717) is 22.7 Å². The molecule has 128 valence electrons. The van der Waals surface area contributed by atoms with Crippen molar-refractivity contribution < 1.29 is 0 Å². The molecule has 0 saturated carbocycles. The third kappa shape index (κ3) is 2.81. The minimum Gasteiger partial charge on any atom is -0.0622 e. The maximum atomic E-state index is 2.50. The van der Waals surface area contributed by atoms with Gasteiger partial charge in [-0.2, -0.15) is 0 Å². The zero-order valence-corrected chi connectivity index (χ0v) is 17.7. The highest BCUT2D eigenvalue weighted by molar-refractivity contribution is 5.07. The van der Waals surface area contributed by atoms with E-state index in [1.54, 1.807) is 0 Å². The molecule has 0 aromatic carbocycles. The second-order valence-corrected chi connectivity index (χ2v) is 10.6. The fourth-order valence-corrected chi connectivity index (χ4v) is 3.84. The molecule has 0 atom stereocenters. The monoisotopic (exact) mass is 296 g/mol. The molecule has 0 aliphatic heterocycles. The molecule has 0 rings (SSSR count). The van der Waals surface area contributed by atoms with Crippen molar-refractivity contribution in [2.45, 2.75) is 96.9 Å². The lowest BCUT2D eigenvalue weighted by atomic mass is 9.40. The fourth-order valence-electron chi connectivity index (χ4n) is 3.84. The SMILES string of the molecule is CC(C)C(C)(C)C(C)(C)C(C)(C)C(C)(C)C(C)(C)C(C)C. The van der Waals surface area contributed by atoms with E-state index in [0.717, 1.165) is 0 Å². The van der Waals surface area contributed by atoms with Crippen LogP contribution in [0.1, 0.15) is 96.9 Å². The Hall–Kier alpha value is 0. The summed E-state index contributed by atoms with van der Waals surface area (Å²) < 4.78 is 0. The van der Waals surface area contributed by atoms with Gasteiger partial charge in [-0.05, 0) is 38.9 Å². The Bertz CT molecular complexity index is 314. The molecule has 0 N–H and O–H groups in total. The summed E-state index contributed by atoms with van der Waals surface area (Å²) in [5, 5.41) is 0. The van der Waals surface area contributed by atoms with Crippen LogP contribution in [0.4, 0.5) is 0 Å². The average Bonchev–Trinajstić information content (AvgIpc) is 2.27. The number of rotatable bonds is 6. The highest BCUT2D eigenvalue weighted by Crippen LogP contribution is 2.66. The molecule has 0 aliphatic rings. The Labute approximate surface area is 136 Å². The van der Waals surface area contributed by atoms with Gasteiger partial charge in [-0.15, -0.1) is 0 Å². The van der Waals surface area contributed by atoms with Crippen molar-refractivity contribution >= 4 is 0 Å². The molecule has 0 spiro atoms. The first-order valence-corrected chi connectivity index (χ1v) is 8.89. The molecule has 0 heteroatoms. The molecule has 0 bridgehead atoms. The summed E-state index contributed by atoms with van der Waals surface area (Å²) in [5.74, 6) is 1.34. The summed E-state index contributed by atoms with van der Waals surface area (Å²) in [6.45, 7) is 34.3. The van der Waals surface area contributed by atoms with Gasteiger partial charge in [-0.3, -0.25) is 0 Å². The predicted octanol–water partition coefficient (Wildman–Crippen LogP) is 7.43. The van der Waals surface area contributed by atoms with E-state index in [4.69, 9.17) is 0 Å². The van der Waals surface area contributed by atoms with E-state index in [-0.39, 0.29) is 16.2 Å². The minimum atomic E-state index is 0.224. The second-order valence-electron chi connectivity index (χ2n) is 10.6. The van der Waals surface area contributed by atoms with Crippen LogP contribution in [-0.2, 0) is 0 Å². The van der Waals surface area contributed by atoms with Crippen molar-refractivity contribution in [3.05, 3.63) is 0 Å². The molecular formula is C21H44. The molecule has 0 aromatic heterocycles. The van der Waals surface area contributed by atoms with Crippen LogP contribution in [-0.4, -0.2) is 0 Å². The Kier molecular flexibility index (Phi) is 5.57. The minimum absolute atomic E-state index is 0.224. The Morgan fingerprint density at radius 2 is 0.571 bits per heavy atom.